The number of para-hydroxylation sites is 1. The lowest BCUT2D eigenvalue weighted by atomic mass is 10.0. The van der Waals surface area contributed by atoms with E-state index in [1.807, 2.05) is 29.2 Å². The first kappa shape index (κ1) is 16.4. The van der Waals surface area contributed by atoms with Crippen LogP contribution in [-0.2, 0) is 18.3 Å². The van der Waals surface area contributed by atoms with E-state index in [1.54, 1.807) is 0 Å². The van der Waals surface area contributed by atoms with Crippen LogP contribution in [0.5, 0.6) is 0 Å². The molecule has 2 heterocycles. The van der Waals surface area contributed by atoms with Gasteiger partial charge in [0.25, 0.3) is 0 Å². The smallest absolute Gasteiger partial charge is 0.227 e. The van der Waals surface area contributed by atoms with E-state index in [-0.39, 0.29) is 5.91 Å². The Bertz CT molecular complexity index is 931. The van der Waals surface area contributed by atoms with Crippen LogP contribution in [0.3, 0.4) is 0 Å². The average Bonchev–Trinajstić information content (AvgIpc) is 3.20. The summed E-state index contributed by atoms with van der Waals surface area (Å²) >= 11 is 3.47. The lowest BCUT2D eigenvalue weighted by Gasteiger charge is -2.17. The Labute approximate surface area is 156 Å². The number of halogens is 1. The number of carbonyl (C=O) groups is 1. The highest BCUT2D eigenvalue weighted by atomic mass is 79.9. The number of nitrogens with zero attached hydrogens (tertiary/aromatic N) is 2. The molecule has 1 saturated heterocycles. The topological polar surface area (TPSA) is 25.2 Å². The molecule has 3 nitrogen and oxygen atoms in total. The van der Waals surface area contributed by atoms with Gasteiger partial charge in [0.05, 0.1) is 6.42 Å². The third kappa shape index (κ3) is 3.23. The largest absolute Gasteiger partial charge is 0.347 e. The molecule has 0 radical (unpaired) electrons. The van der Waals surface area contributed by atoms with Crippen molar-refractivity contribution < 1.29 is 4.79 Å². The number of aromatic nitrogens is 1. The van der Waals surface area contributed by atoms with Gasteiger partial charge >= 0.3 is 0 Å². The standard InChI is InChI=1S/C21H21BrN2O/c1-23-19-8-3-2-6-16(19)13-20(23)17-9-10-24(14-17)21(25)12-15-5-4-7-18(22)11-15/h2-8,11,13,17H,9-10,12,14H2,1H3. The lowest BCUT2D eigenvalue weighted by Crippen LogP contribution is -2.30. The normalized spacial score (nSPS) is 17.4. The Morgan fingerprint density at radius 1 is 1.16 bits per heavy atom. The van der Waals surface area contributed by atoms with Gasteiger partial charge in [-0.25, -0.2) is 0 Å². The van der Waals surface area contributed by atoms with Gasteiger partial charge in [0, 0.05) is 41.7 Å². The minimum absolute atomic E-state index is 0.222. The Kier molecular flexibility index (Phi) is 4.38. The SMILES string of the molecule is Cn1c(C2CCN(C(=O)Cc3cccc(Br)c3)C2)cc2ccccc21. The maximum atomic E-state index is 12.7. The van der Waals surface area contributed by atoms with E-state index in [0.717, 1.165) is 29.5 Å². The zero-order valence-electron chi connectivity index (χ0n) is 14.3. The quantitative estimate of drug-likeness (QED) is 0.639. The van der Waals surface area contributed by atoms with Crippen molar-refractivity contribution in [3.8, 4) is 0 Å². The number of amides is 1. The molecule has 1 aromatic heterocycles. The molecule has 1 atom stereocenters. The number of benzene rings is 2. The first-order chi connectivity index (χ1) is 12.1. The van der Waals surface area contributed by atoms with Crippen molar-refractivity contribution in [3.05, 3.63) is 70.3 Å². The first-order valence-electron chi connectivity index (χ1n) is 8.68. The summed E-state index contributed by atoms with van der Waals surface area (Å²) < 4.78 is 3.30. The number of hydrogen-bond acceptors (Lipinski definition) is 1. The van der Waals surface area contributed by atoms with E-state index >= 15 is 0 Å². The molecule has 1 aliphatic rings. The molecule has 1 fully saturated rings. The third-order valence-corrected chi connectivity index (χ3v) is 5.69. The Balaban J connectivity index is 1.49. The molecule has 0 spiro atoms. The van der Waals surface area contributed by atoms with Crippen LogP contribution in [0.25, 0.3) is 10.9 Å². The molecule has 1 aliphatic heterocycles. The fourth-order valence-corrected chi connectivity index (χ4v) is 4.31. The first-order valence-corrected chi connectivity index (χ1v) is 9.47. The maximum absolute atomic E-state index is 12.7. The molecular weight excluding hydrogens is 376 g/mol. The number of aryl methyl sites for hydroxylation is 1. The fraction of sp³-hybridized carbons (Fsp3) is 0.286. The minimum Gasteiger partial charge on any atom is -0.347 e. The Hall–Kier alpha value is -2.07. The third-order valence-electron chi connectivity index (χ3n) is 5.19. The van der Waals surface area contributed by atoms with Gasteiger partial charge < -0.3 is 9.47 Å². The van der Waals surface area contributed by atoms with Crippen molar-refractivity contribution in [2.24, 2.45) is 7.05 Å². The second-order valence-electron chi connectivity index (χ2n) is 6.82. The van der Waals surface area contributed by atoms with Gasteiger partial charge in [-0.1, -0.05) is 46.3 Å². The fourth-order valence-electron chi connectivity index (χ4n) is 3.86. The molecule has 0 saturated carbocycles. The van der Waals surface area contributed by atoms with Crippen LogP contribution in [-0.4, -0.2) is 28.5 Å². The van der Waals surface area contributed by atoms with Crippen LogP contribution in [0.15, 0.2) is 59.1 Å². The molecule has 2 aromatic carbocycles. The Morgan fingerprint density at radius 3 is 2.80 bits per heavy atom. The zero-order chi connectivity index (χ0) is 17.4. The van der Waals surface area contributed by atoms with Crippen LogP contribution in [0.4, 0.5) is 0 Å². The predicted molar refractivity (Wildman–Crippen MR) is 105 cm³/mol. The monoisotopic (exact) mass is 396 g/mol. The van der Waals surface area contributed by atoms with E-state index < -0.39 is 0 Å². The van der Waals surface area contributed by atoms with Crippen molar-refractivity contribution in [1.29, 1.82) is 0 Å². The molecule has 1 amide bonds. The van der Waals surface area contributed by atoms with Crippen LogP contribution in [0, 0.1) is 0 Å². The van der Waals surface area contributed by atoms with E-state index in [4.69, 9.17) is 0 Å². The van der Waals surface area contributed by atoms with Crippen LogP contribution in [0.2, 0.25) is 0 Å². The van der Waals surface area contributed by atoms with Crippen LogP contribution < -0.4 is 0 Å². The summed E-state index contributed by atoms with van der Waals surface area (Å²) in [5, 5.41) is 1.28. The summed E-state index contributed by atoms with van der Waals surface area (Å²) in [6.07, 6.45) is 1.51. The molecule has 0 aliphatic carbocycles. The zero-order valence-corrected chi connectivity index (χ0v) is 15.9. The van der Waals surface area contributed by atoms with Crippen molar-refractivity contribution in [2.75, 3.05) is 13.1 Å². The molecule has 1 unspecified atom stereocenters. The summed E-state index contributed by atoms with van der Waals surface area (Å²) in [5.41, 5.74) is 3.66. The molecule has 0 bridgehead atoms. The number of likely N-dealkylation sites (tertiary alicyclic amines) is 1. The lowest BCUT2D eigenvalue weighted by molar-refractivity contribution is -0.129. The second kappa shape index (κ2) is 6.68. The summed E-state index contributed by atoms with van der Waals surface area (Å²) in [4.78, 5) is 14.7. The van der Waals surface area contributed by atoms with Gasteiger partial charge in [0.1, 0.15) is 0 Å². The van der Waals surface area contributed by atoms with Crippen molar-refractivity contribution in [1.82, 2.24) is 9.47 Å². The molecule has 4 heteroatoms. The van der Waals surface area contributed by atoms with Crippen LogP contribution >= 0.6 is 15.9 Å². The molecule has 25 heavy (non-hydrogen) atoms. The summed E-state index contributed by atoms with van der Waals surface area (Å²) in [7, 11) is 2.13. The van der Waals surface area contributed by atoms with E-state index in [9.17, 15) is 4.79 Å². The van der Waals surface area contributed by atoms with Crippen molar-refractivity contribution >= 4 is 32.7 Å². The van der Waals surface area contributed by atoms with E-state index in [1.165, 1.54) is 16.6 Å². The van der Waals surface area contributed by atoms with Crippen molar-refractivity contribution in [2.45, 2.75) is 18.8 Å². The van der Waals surface area contributed by atoms with Crippen molar-refractivity contribution in [3.63, 3.8) is 0 Å². The molecule has 4 rings (SSSR count). The molecule has 128 valence electrons. The van der Waals surface area contributed by atoms with E-state index in [0.29, 0.717) is 12.3 Å². The summed E-state index contributed by atoms with van der Waals surface area (Å²) in [5.74, 6) is 0.642. The van der Waals surface area contributed by atoms with E-state index in [2.05, 4.69) is 57.9 Å². The number of rotatable bonds is 3. The molecule has 3 aromatic rings. The molecular formula is C21H21BrN2O. The highest BCUT2D eigenvalue weighted by Gasteiger charge is 2.29. The maximum Gasteiger partial charge on any atom is 0.227 e. The number of carbonyl (C=O) groups excluding carboxylic acids is 1. The van der Waals surface area contributed by atoms with Gasteiger partial charge in [0.15, 0.2) is 0 Å². The molecule has 0 N–H and O–H groups in total. The highest BCUT2D eigenvalue weighted by molar-refractivity contribution is 9.10. The Morgan fingerprint density at radius 2 is 2.00 bits per heavy atom. The summed E-state index contributed by atoms with van der Waals surface area (Å²) in [6, 6.07) is 18.8. The second-order valence-corrected chi connectivity index (χ2v) is 7.73. The van der Waals surface area contributed by atoms with Gasteiger partial charge in [-0.3, -0.25) is 4.79 Å². The van der Waals surface area contributed by atoms with Gasteiger partial charge in [-0.15, -0.1) is 0 Å². The number of hydrogen-bond donors (Lipinski definition) is 0. The summed E-state index contributed by atoms with van der Waals surface area (Å²) in [6.45, 7) is 1.66. The van der Waals surface area contributed by atoms with Crippen LogP contribution in [0.1, 0.15) is 23.6 Å². The van der Waals surface area contributed by atoms with Gasteiger partial charge in [0.2, 0.25) is 5.91 Å². The highest BCUT2D eigenvalue weighted by Crippen LogP contribution is 2.31. The predicted octanol–water partition coefficient (Wildman–Crippen LogP) is 4.50. The van der Waals surface area contributed by atoms with Gasteiger partial charge in [-0.2, -0.15) is 0 Å². The minimum atomic E-state index is 0.222. The number of fused-ring (bicyclic) bond motifs is 1. The average molecular weight is 397 g/mol. The van der Waals surface area contributed by atoms with Gasteiger partial charge in [-0.05, 0) is 41.6 Å².